The number of carbonyl (C=O) groups is 1. The van der Waals surface area contributed by atoms with E-state index in [1.165, 1.54) is 4.90 Å². The molecular formula is C16H24F3N3O4. The first-order chi connectivity index (χ1) is 11.8. The van der Waals surface area contributed by atoms with Gasteiger partial charge in [0.1, 0.15) is 11.3 Å². The molecule has 0 unspecified atom stereocenters. The zero-order valence-corrected chi connectivity index (χ0v) is 15.4. The number of amides is 1. The Balaban J connectivity index is 2.19. The van der Waals surface area contributed by atoms with Crippen molar-refractivity contribution in [3.8, 4) is 0 Å². The lowest BCUT2D eigenvalue weighted by Gasteiger charge is -2.43. The molecule has 2 atom stereocenters. The van der Waals surface area contributed by atoms with Gasteiger partial charge in [-0.1, -0.05) is 0 Å². The van der Waals surface area contributed by atoms with Crippen LogP contribution in [0, 0.1) is 0 Å². The van der Waals surface area contributed by atoms with Gasteiger partial charge in [-0.05, 0) is 34.6 Å². The number of oxazole rings is 1. The van der Waals surface area contributed by atoms with Gasteiger partial charge < -0.3 is 19.2 Å². The summed E-state index contributed by atoms with van der Waals surface area (Å²) in [4.78, 5) is 19.2. The topological polar surface area (TPSA) is 79.0 Å². The van der Waals surface area contributed by atoms with Crippen LogP contribution in [-0.4, -0.2) is 51.9 Å². The zero-order valence-electron chi connectivity index (χ0n) is 15.4. The number of alkyl halides is 3. The maximum atomic E-state index is 13.0. The lowest BCUT2D eigenvalue weighted by Crippen LogP contribution is -2.59. The minimum absolute atomic E-state index is 0.219. The van der Waals surface area contributed by atoms with Crippen LogP contribution in [0.3, 0.4) is 0 Å². The molecule has 148 valence electrons. The third-order valence-electron chi connectivity index (χ3n) is 3.89. The van der Waals surface area contributed by atoms with Gasteiger partial charge in [-0.25, -0.2) is 4.79 Å². The van der Waals surface area contributed by atoms with Crippen LogP contribution in [0.15, 0.2) is 4.42 Å². The Bertz CT molecular complexity index is 642. The number of rotatable bonds is 2. The molecular weight excluding hydrogens is 355 g/mol. The lowest BCUT2D eigenvalue weighted by molar-refractivity contribution is -0.154. The highest BCUT2D eigenvalue weighted by Gasteiger charge is 2.42. The quantitative estimate of drug-likeness (QED) is 0.851. The normalized spacial score (nSPS) is 21.9. The molecule has 26 heavy (non-hydrogen) atoms. The molecule has 2 heterocycles. The molecule has 1 fully saturated rings. The van der Waals surface area contributed by atoms with Crippen molar-refractivity contribution in [2.24, 2.45) is 0 Å². The number of piperazine rings is 1. The number of ether oxygens (including phenoxy) is 1. The van der Waals surface area contributed by atoms with E-state index < -0.39 is 35.9 Å². The van der Waals surface area contributed by atoms with Gasteiger partial charge in [-0.3, -0.25) is 4.90 Å². The van der Waals surface area contributed by atoms with Gasteiger partial charge in [0.05, 0.1) is 18.7 Å². The third-order valence-corrected chi connectivity index (χ3v) is 3.89. The molecule has 1 amide bonds. The number of hydrogen-bond acceptors (Lipinski definition) is 6. The highest BCUT2D eigenvalue weighted by Crippen LogP contribution is 2.35. The number of aromatic nitrogens is 1. The number of nitrogens with zero attached hydrogens (tertiary/aromatic N) is 3. The van der Waals surface area contributed by atoms with Crippen molar-refractivity contribution >= 4 is 12.1 Å². The number of halogens is 3. The smallest absolute Gasteiger partial charge is 0.444 e. The van der Waals surface area contributed by atoms with Gasteiger partial charge >= 0.3 is 12.3 Å². The molecule has 0 spiro atoms. The van der Waals surface area contributed by atoms with E-state index in [-0.39, 0.29) is 31.2 Å². The number of aliphatic hydroxyl groups excluding tert-OH is 1. The highest BCUT2D eigenvalue weighted by molar-refractivity contribution is 5.69. The zero-order chi connectivity index (χ0) is 19.9. The molecule has 0 radical (unpaired) electrons. The Hall–Kier alpha value is -1.97. The van der Waals surface area contributed by atoms with Crippen LogP contribution in [0.4, 0.5) is 24.0 Å². The molecule has 1 aliphatic heterocycles. The van der Waals surface area contributed by atoms with E-state index >= 15 is 0 Å². The van der Waals surface area contributed by atoms with Crippen LogP contribution >= 0.6 is 0 Å². The summed E-state index contributed by atoms with van der Waals surface area (Å²) in [5.74, 6) is -1.30. The second kappa shape index (κ2) is 6.98. The van der Waals surface area contributed by atoms with Crippen molar-refractivity contribution in [3.63, 3.8) is 0 Å². The van der Waals surface area contributed by atoms with Gasteiger partial charge in [-0.2, -0.15) is 18.2 Å². The third kappa shape index (κ3) is 4.40. The minimum atomic E-state index is -4.74. The van der Waals surface area contributed by atoms with Gasteiger partial charge in [0.25, 0.3) is 6.01 Å². The summed E-state index contributed by atoms with van der Waals surface area (Å²) in [5.41, 5.74) is -1.20. The van der Waals surface area contributed by atoms with Crippen LogP contribution in [0.5, 0.6) is 0 Å². The average Bonchev–Trinajstić information content (AvgIpc) is 2.88. The van der Waals surface area contributed by atoms with Crippen LogP contribution in [-0.2, 0) is 17.5 Å². The fourth-order valence-electron chi connectivity index (χ4n) is 2.96. The van der Waals surface area contributed by atoms with Crippen molar-refractivity contribution < 1.29 is 32.2 Å². The van der Waals surface area contributed by atoms with Crippen LogP contribution in [0.2, 0.25) is 0 Å². The maximum absolute atomic E-state index is 13.0. The lowest BCUT2D eigenvalue weighted by atomic mass is 10.1. The summed E-state index contributed by atoms with van der Waals surface area (Å²) >= 11 is 0. The van der Waals surface area contributed by atoms with E-state index in [9.17, 15) is 18.0 Å². The SMILES string of the molecule is C[C@@H]1CN(c2nc(CO)c(C(F)(F)F)o2)C[C@H](C)N1C(=O)OC(C)(C)C. The Morgan fingerprint density at radius 2 is 1.81 bits per heavy atom. The summed E-state index contributed by atoms with van der Waals surface area (Å²) in [5, 5.41) is 9.11. The number of anilines is 1. The molecule has 1 aliphatic rings. The first-order valence-corrected chi connectivity index (χ1v) is 8.27. The molecule has 1 aromatic rings. The largest absolute Gasteiger partial charge is 0.451 e. The van der Waals surface area contributed by atoms with Crippen molar-refractivity contribution in [1.82, 2.24) is 9.88 Å². The maximum Gasteiger partial charge on any atom is 0.451 e. The summed E-state index contributed by atoms with van der Waals surface area (Å²) in [6, 6.07) is -0.872. The summed E-state index contributed by atoms with van der Waals surface area (Å²) in [6.07, 6.45) is -5.21. The van der Waals surface area contributed by atoms with Crippen LogP contribution in [0.25, 0.3) is 0 Å². The molecule has 7 nitrogen and oxygen atoms in total. The number of aliphatic hydroxyl groups is 1. The highest BCUT2D eigenvalue weighted by atomic mass is 19.4. The van der Waals surface area contributed by atoms with Crippen LogP contribution in [0.1, 0.15) is 46.1 Å². The summed E-state index contributed by atoms with van der Waals surface area (Å²) < 4.78 is 49.2. The fraction of sp³-hybridized carbons (Fsp3) is 0.750. The van der Waals surface area contributed by atoms with Gasteiger partial charge in [0.15, 0.2) is 0 Å². The Morgan fingerprint density at radius 1 is 1.27 bits per heavy atom. The summed E-state index contributed by atoms with van der Waals surface area (Å²) in [6.45, 7) is 8.41. The first-order valence-electron chi connectivity index (χ1n) is 8.27. The molecule has 0 saturated carbocycles. The second-order valence-electron chi connectivity index (χ2n) is 7.42. The van der Waals surface area contributed by atoms with Crippen molar-refractivity contribution in [3.05, 3.63) is 11.5 Å². The Kier molecular flexibility index (Phi) is 5.46. The second-order valence-corrected chi connectivity index (χ2v) is 7.42. The van der Waals surface area contributed by atoms with E-state index in [0.717, 1.165) is 0 Å². The summed E-state index contributed by atoms with van der Waals surface area (Å²) in [7, 11) is 0. The molecule has 1 saturated heterocycles. The molecule has 0 aromatic carbocycles. The van der Waals surface area contributed by atoms with E-state index in [2.05, 4.69) is 4.98 Å². The Morgan fingerprint density at radius 3 is 2.19 bits per heavy atom. The fourth-order valence-corrected chi connectivity index (χ4v) is 2.96. The molecule has 0 bridgehead atoms. The molecule has 1 aromatic heterocycles. The number of carbonyl (C=O) groups excluding carboxylic acids is 1. The van der Waals surface area contributed by atoms with Crippen LogP contribution < -0.4 is 4.90 Å². The molecule has 2 rings (SSSR count). The Labute approximate surface area is 149 Å². The van der Waals surface area contributed by atoms with E-state index in [4.69, 9.17) is 14.3 Å². The number of hydrogen-bond donors (Lipinski definition) is 1. The molecule has 0 aliphatic carbocycles. The molecule has 10 heteroatoms. The average molecular weight is 379 g/mol. The van der Waals surface area contributed by atoms with E-state index in [1.807, 2.05) is 0 Å². The van der Waals surface area contributed by atoms with Gasteiger partial charge in [0, 0.05) is 13.1 Å². The minimum Gasteiger partial charge on any atom is -0.444 e. The van der Waals surface area contributed by atoms with Crippen molar-refractivity contribution in [2.75, 3.05) is 18.0 Å². The predicted molar refractivity (Wildman–Crippen MR) is 86.6 cm³/mol. The monoisotopic (exact) mass is 379 g/mol. The van der Waals surface area contributed by atoms with Crippen molar-refractivity contribution in [1.29, 1.82) is 0 Å². The van der Waals surface area contributed by atoms with E-state index in [1.54, 1.807) is 39.5 Å². The van der Waals surface area contributed by atoms with Gasteiger partial charge in [-0.15, -0.1) is 0 Å². The van der Waals surface area contributed by atoms with Gasteiger partial charge in [0.2, 0.25) is 5.76 Å². The first kappa shape index (κ1) is 20.3. The van der Waals surface area contributed by atoms with E-state index in [0.29, 0.717) is 0 Å². The predicted octanol–water partition coefficient (Wildman–Crippen LogP) is 3.02. The standard InChI is InChI=1S/C16H24F3N3O4/c1-9-6-21(7-10(2)22(9)14(24)26-15(3,4)5)13-20-11(8-23)12(25-13)16(17,18)19/h9-10,23H,6-8H2,1-5H3/t9-,10+. The van der Waals surface area contributed by atoms with Crippen molar-refractivity contribution in [2.45, 2.75) is 65.1 Å². The molecule has 1 N–H and O–H groups in total.